The Kier molecular flexibility index (Phi) is 20.1. The summed E-state index contributed by atoms with van der Waals surface area (Å²) in [6, 6.07) is 0. The van der Waals surface area contributed by atoms with Gasteiger partial charge in [0.25, 0.3) is 0 Å². The van der Waals surface area contributed by atoms with E-state index < -0.39 is 0 Å². The summed E-state index contributed by atoms with van der Waals surface area (Å²) in [5.74, 6) is 2.00. The zero-order valence-electron chi connectivity index (χ0n) is 2.36. The van der Waals surface area contributed by atoms with Gasteiger partial charge in [-0.15, -0.1) is 0 Å². The van der Waals surface area contributed by atoms with E-state index in [2.05, 4.69) is 14.4 Å². The van der Waals surface area contributed by atoms with E-state index in [0.717, 1.165) is 0 Å². The molecule has 0 amide bonds. The molecule has 0 bridgehead atoms. The van der Waals surface area contributed by atoms with Crippen molar-refractivity contribution in [2.45, 2.75) is 0 Å². The summed E-state index contributed by atoms with van der Waals surface area (Å²) in [5.41, 5.74) is 0. The van der Waals surface area contributed by atoms with Crippen molar-refractivity contribution in [2.24, 2.45) is 0 Å². The fourth-order valence-corrected chi connectivity index (χ4v) is 0. The molecule has 0 unspecified atom stereocenters. The van der Waals surface area contributed by atoms with Crippen molar-refractivity contribution in [3.8, 4) is 0 Å². The monoisotopic (exact) mass is 126 g/mol. The predicted molar refractivity (Wildman–Crippen MR) is 14.6 cm³/mol. The maximum absolute atomic E-state index is 4.49. The Morgan fingerprint density at radius 3 is 1.75 bits per heavy atom. The molecule has 0 N–H and O–H groups in total. The van der Waals surface area contributed by atoms with E-state index in [-0.39, 0.29) is 32.7 Å². The average molecular weight is 126 g/mol. The molecule has 17 valence electrons. The molecule has 2 heteroatoms. The van der Waals surface area contributed by atoms with Crippen LogP contribution in [0, 0.1) is 5.98 Å². The van der Waals surface area contributed by atoms with E-state index in [4.69, 9.17) is 0 Å². The van der Waals surface area contributed by atoms with Gasteiger partial charge in [-0.05, 0) is 0 Å². The molecule has 4 heavy (non-hydrogen) atoms. The van der Waals surface area contributed by atoms with Crippen LogP contribution in [0.5, 0.6) is 0 Å². The zero-order chi connectivity index (χ0) is 2.71. The van der Waals surface area contributed by atoms with Crippen LogP contribution in [0.4, 0.5) is 0 Å². The molecule has 0 rings (SSSR count). The first-order chi connectivity index (χ1) is 1.41. The molecule has 0 saturated carbocycles. The summed E-state index contributed by atoms with van der Waals surface area (Å²) in [7, 11) is 4.49. The van der Waals surface area contributed by atoms with Crippen molar-refractivity contribution >= 4 is 7.85 Å². The standard InChI is InChI=1S/C2H2B.Y/c1-2-3;/h1H2;/q-1;. The van der Waals surface area contributed by atoms with Gasteiger partial charge in [0.2, 0.25) is 0 Å². The van der Waals surface area contributed by atoms with Gasteiger partial charge >= 0.3 is 0 Å². The minimum Gasteiger partial charge on any atom is -0.549 e. The third kappa shape index (κ3) is 12.8. The molecule has 0 fully saturated rings. The molecule has 0 aromatic heterocycles. The molecule has 0 heterocycles. The fourth-order valence-electron chi connectivity index (χ4n) is 0. The van der Waals surface area contributed by atoms with Crippen molar-refractivity contribution in [3.63, 3.8) is 0 Å². The van der Waals surface area contributed by atoms with Crippen molar-refractivity contribution in [1.82, 2.24) is 0 Å². The minimum absolute atomic E-state index is 0. The van der Waals surface area contributed by atoms with Crippen molar-refractivity contribution in [1.29, 1.82) is 0 Å². The predicted octanol–water partition coefficient (Wildman–Crippen LogP) is 0.0991. The van der Waals surface area contributed by atoms with Gasteiger partial charge < -0.3 is 5.98 Å². The molecule has 3 radical (unpaired) electrons. The van der Waals surface area contributed by atoms with Crippen LogP contribution in [-0.4, -0.2) is 7.85 Å². The first kappa shape index (κ1) is 8.86. The summed E-state index contributed by atoms with van der Waals surface area (Å²) in [6.07, 6.45) is 0. The first-order valence-electron chi connectivity index (χ1n) is 0.642. The van der Waals surface area contributed by atoms with Gasteiger partial charge in [-0.1, -0.05) is 0 Å². The normalized spacial score (nSPS) is 3.00. The van der Waals surface area contributed by atoms with E-state index >= 15 is 0 Å². The quantitative estimate of drug-likeness (QED) is 0.318. The fraction of sp³-hybridized carbons (Fsp3) is 0. The Hall–Kier alpha value is 0.909. The molecule has 0 aromatic carbocycles. The zero-order valence-corrected chi connectivity index (χ0v) is 5.20. The SMILES string of the molecule is [B][C-]=C.[Y]. The molecule has 0 aromatic rings. The van der Waals surface area contributed by atoms with Crippen molar-refractivity contribution < 1.29 is 32.7 Å². The number of hydrogen-bond donors (Lipinski definition) is 0. The summed E-state index contributed by atoms with van der Waals surface area (Å²) in [4.78, 5) is 0. The Bertz CT molecular complexity index is 13.5. The van der Waals surface area contributed by atoms with Gasteiger partial charge in [0.1, 0.15) is 0 Å². The van der Waals surface area contributed by atoms with E-state index in [1.165, 1.54) is 0 Å². The van der Waals surface area contributed by atoms with E-state index in [1.807, 2.05) is 5.98 Å². The molecule has 0 atom stereocenters. The third-order valence-corrected chi connectivity index (χ3v) is 0. The van der Waals surface area contributed by atoms with E-state index in [9.17, 15) is 0 Å². The second kappa shape index (κ2) is 9.08. The second-order valence-corrected chi connectivity index (χ2v) is 0.204. The Morgan fingerprint density at radius 1 is 1.75 bits per heavy atom. The van der Waals surface area contributed by atoms with Gasteiger partial charge in [0.15, 0.2) is 0 Å². The van der Waals surface area contributed by atoms with Gasteiger partial charge in [0.05, 0.1) is 0 Å². The summed E-state index contributed by atoms with van der Waals surface area (Å²) in [6.45, 7) is 3.01. The van der Waals surface area contributed by atoms with Crippen LogP contribution in [-0.2, 0) is 32.7 Å². The van der Waals surface area contributed by atoms with Gasteiger partial charge in [-0.3, -0.25) is 6.58 Å². The first-order valence-corrected chi connectivity index (χ1v) is 0.642. The van der Waals surface area contributed by atoms with Crippen molar-refractivity contribution in [2.75, 3.05) is 0 Å². The van der Waals surface area contributed by atoms with E-state index in [0.29, 0.717) is 0 Å². The summed E-state index contributed by atoms with van der Waals surface area (Å²) >= 11 is 0. The minimum atomic E-state index is 0. The van der Waals surface area contributed by atoms with Crippen molar-refractivity contribution in [3.05, 3.63) is 12.6 Å². The molecule has 0 aliphatic rings. The third-order valence-electron chi connectivity index (χ3n) is 0. The van der Waals surface area contributed by atoms with Crippen LogP contribution in [0.25, 0.3) is 0 Å². The molecular formula is C2H2BY-. The maximum Gasteiger partial charge on any atom is 0 e. The van der Waals surface area contributed by atoms with Gasteiger partial charge in [-0.25, -0.2) is 0 Å². The van der Waals surface area contributed by atoms with Crippen LogP contribution < -0.4 is 0 Å². The van der Waals surface area contributed by atoms with Crippen LogP contribution in [0.1, 0.15) is 0 Å². The molecule has 0 saturated heterocycles. The smallest absolute Gasteiger partial charge is 0 e. The second-order valence-electron chi connectivity index (χ2n) is 0.204. The number of hydrogen-bond acceptors (Lipinski definition) is 0. The van der Waals surface area contributed by atoms with Crippen LogP contribution >= 0.6 is 0 Å². The molecule has 0 nitrogen and oxygen atoms in total. The van der Waals surface area contributed by atoms with Gasteiger partial charge in [-0.2, -0.15) is 7.85 Å². The molecule has 0 aliphatic carbocycles. The maximum atomic E-state index is 4.49. The van der Waals surface area contributed by atoms with Crippen LogP contribution in [0.15, 0.2) is 6.58 Å². The van der Waals surface area contributed by atoms with E-state index in [1.54, 1.807) is 0 Å². The Labute approximate surface area is 53.0 Å². The molecular weight excluding hydrogens is 124 g/mol. The summed E-state index contributed by atoms with van der Waals surface area (Å²) < 4.78 is 0. The van der Waals surface area contributed by atoms with Crippen LogP contribution in [0.2, 0.25) is 0 Å². The summed E-state index contributed by atoms with van der Waals surface area (Å²) in [5, 5.41) is 0. The molecule has 0 aliphatic heterocycles. The Morgan fingerprint density at radius 2 is 1.75 bits per heavy atom. The number of rotatable bonds is 0. The molecule has 0 spiro atoms. The Balaban J connectivity index is 0. The van der Waals surface area contributed by atoms with Crippen LogP contribution in [0.3, 0.4) is 0 Å². The average Bonchev–Trinajstić information content (AvgIpc) is 0.918. The topological polar surface area (TPSA) is 0 Å². The van der Waals surface area contributed by atoms with Gasteiger partial charge in [0, 0.05) is 32.7 Å². The largest absolute Gasteiger partial charge is 0.549 e.